The number of fused-ring (bicyclic) bond motifs is 1. The fourth-order valence-electron chi connectivity index (χ4n) is 3.66. The average molecular weight is 381 g/mol. The first kappa shape index (κ1) is 17.8. The van der Waals surface area contributed by atoms with E-state index in [0.29, 0.717) is 17.7 Å². The molecule has 2 aromatic heterocycles. The highest BCUT2D eigenvalue weighted by Crippen LogP contribution is 2.33. The van der Waals surface area contributed by atoms with Crippen molar-refractivity contribution < 1.29 is 4.92 Å². The van der Waals surface area contributed by atoms with Gasteiger partial charge in [-0.3, -0.25) is 14.9 Å². The fraction of sp³-hybridized carbons (Fsp3) is 0.333. The number of nitrogens with zero attached hydrogens (tertiary/aromatic N) is 6. The molecule has 0 spiro atoms. The second kappa shape index (κ2) is 7.22. The number of rotatable bonds is 4. The van der Waals surface area contributed by atoms with Gasteiger partial charge in [-0.15, -0.1) is 5.10 Å². The summed E-state index contributed by atoms with van der Waals surface area (Å²) in [5, 5.41) is 20.0. The van der Waals surface area contributed by atoms with Crippen LogP contribution in [0.15, 0.2) is 41.6 Å². The largest absolute Gasteiger partial charge is 0.364 e. The topological polar surface area (TPSA) is 121 Å². The minimum atomic E-state index is -0.457. The Morgan fingerprint density at radius 2 is 2.25 bits per heavy atom. The number of H-pyrrole nitrogens is 1. The third-order valence-electron chi connectivity index (χ3n) is 5.14. The summed E-state index contributed by atoms with van der Waals surface area (Å²) in [7, 11) is 1.84. The van der Waals surface area contributed by atoms with Crippen molar-refractivity contribution in [3.8, 4) is 0 Å². The first-order valence-electron chi connectivity index (χ1n) is 8.96. The first-order valence-corrected chi connectivity index (χ1v) is 8.96. The van der Waals surface area contributed by atoms with E-state index in [1.807, 2.05) is 24.1 Å². The number of aromatic amines is 1. The minimum Gasteiger partial charge on any atom is -0.364 e. The van der Waals surface area contributed by atoms with Crippen molar-refractivity contribution in [2.75, 3.05) is 29.9 Å². The summed E-state index contributed by atoms with van der Waals surface area (Å²) < 4.78 is 0. The molecule has 1 saturated heterocycles. The summed E-state index contributed by atoms with van der Waals surface area (Å²) in [4.78, 5) is 33.8. The van der Waals surface area contributed by atoms with Crippen LogP contribution in [0, 0.1) is 10.1 Å². The van der Waals surface area contributed by atoms with E-state index in [4.69, 9.17) is 0 Å². The standard InChI is InChI=1S/C18H19N7O3/c1-23(12-4-3-7-24(10-12)17-5-2-6-21-22-17)15-9-14-13(8-16(15)25(27)28)18(26)20-11-19-14/h2,5-6,8-9,11-12H,3-4,7,10H2,1H3,(H,19,20,26). The maximum Gasteiger partial charge on any atom is 0.293 e. The molecule has 1 aliphatic rings. The Kier molecular flexibility index (Phi) is 4.60. The molecule has 0 radical (unpaired) electrons. The molecule has 144 valence electrons. The van der Waals surface area contributed by atoms with E-state index in [2.05, 4.69) is 25.1 Å². The van der Waals surface area contributed by atoms with Gasteiger partial charge in [0.1, 0.15) is 5.69 Å². The Labute approximate surface area is 160 Å². The number of anilines is 2. The Hall–Kier alpha value is -3.56. The monoisotopic (exact) mass is 381 g/mol. The lowest BCUT2D eigenvalue weighted by molar-refractivity contribution is -0.384. The SMILES string of the molecule is CN(c1cc2nc[nH]c(=O)c2cc1[N+](=O)[O-])C1CCCN(c2cccnn2)C1. The van der Waals surface area contributed by atoms with Crippen LogP contribution in [0.3, 0.4) is 0 Å². The lowest BCUT2D eigenvalue weighted by Gasteiger charge is -2.38. The number of nitro groups is 1. The van der Waals surface area contributed by atoms with Crippen LogP contribution in [0.1, 0.15) is 12.8 Å². The molecule has 0 amide bonds. The molecule has 10 nitrogen and oxygen atoms in total. The van der Waals surface area contributed by atoms with Crippen LogP contribution in [0.4, 0.5) is 17.2 Å². The number of benzene rings is 1. The van der Waals surface area contributed by atoms with Crippen molar-refractivity contribution in [2.45, 2.75) is 18.9 Å². The van der Waals surface area contributed by atoms with Gasteiger partial charge in [-0.1, -0.05) is 0 Å². The molecule has 3 heterocycles. The molecule has 1 unspecified atom stereocenters. The van der Waals surface area contributed by atoms with Gasteiger partial charge in [0, 0.05) is 38.4 Å². The number of aromatic nitrogens is 4. The zero-order valence-electron chi connectivity index (χ0n) is 15.3. The third kappa shape index (κ3) is 3.24. The Balaban J connectivity index is 1.69. The normalized spacial score (nSPS) is 16.9. The summed E-state index contributed by atoms with van der Waals surface area (Å²) in [6.07, 6.45) is 4.76. The minimum absolute atomic E-state index is 0.0499. The van der Waals surface area contributed by atoms with Crippen LogP contribution in [-0.4, -0.2) is 51.3 Å². The van der Waals surface area contributed by atoms with Crippen LogP contribution in [0.2, 0.25) is 0 Å². The zero-order chi connectivity index (χ0) is 19.7. The smallest absolute Gasteiger partial charge is 0.293 e. The molecule has 1 aromatic carbocycles. The predicted molar refractivity (Wildman–Crippen MR) is 105 cm³/mol. The van der Waals surface area contributed by atoms with Crippen molar-refractivity contribution in [3.05, 3.63) is 57.3 Å². The molecule has 10 heteroatoms. The lowest BCUT2D eigenvalue weighted by atomic mass is 10.0. The summed E-state index contributed by atoms with van der Waals surface area (Å²) in [5.74, 6) is 0.793. The quantitative estimate of drug-likeness (QED) is 0.536. The highest BCUT2D eigenvalue weighted by atomic mass is 16.6. The van der Waals surface area contributed by atoms with Gasteiger partial charge in [0.25, 0.3) is 11.2 Å². The van der Waals surface area contributed by atoms with Gasteiger partial charge in [-0.25, -0.2) is 4.98 Å². The summed E-state index contributed by atoms with van der Waals surface area (Å²) in [6, 6.07) is 6.71. The lowest BCUT2D eigenvalue weighted by Crippen LogP contribution is -2.47. The number of hydrogen-bond acceptors (Lipinski definition) is 8. The van der Waals surface area contributed by atoms with Crippen LogP contribution in [0.5, 0.6) is 0 Å². The van der Waals surface area contributed by atoms with Gasteiger partial charge in [0.05, 0.1) is 22.2 Å². The van der Waals surface area contributed by atoms with Crippen molar-refractivity contribution in [1.82, 2.24) is 20.2 Å². The first-order chi connectivity index (χ1) is 13.5. The fourth-order valence-corrected chi connectivity index (χ4v) is 3.66. The number of nitro benzene ring substituents is 1. The van der Waals surface area contributed by atoms with Crippen LogP contribution < -0.4 is 15.4 Å². The molecule has 3 aromatic rings. The van der Waals surface area contributed by atoms with E-state index in [1.165, 1.54) is 12.4 Å². The molecular weight excluding hydrogens is 362 g/mol. The molecule has 0 bridgehead atoms. The summed E-state index contributed by atoms with van der Waals surface area (Å²) >= 11 is 0. The molecule has 4 rings (SSSR count). The molecule has 1 fully saturated rings. The van der Waals surface area contributed by atoms with Gasteiger partial charge in [0.2, 0.25) is 0 Å². The number of hydrogen-bond donors (Lipinski definition) is 1. The Morgan fingerprint density at radius 3 is 3.00 bits per heavy atom. The van der Waals surface area contributed by atoms with Crippen LogP contribution in [0.25, 0.3) is 10.9 Å². The van der Waals surface area contributed by atoms with Gasteiger partial charge in [-0.05, 0) is 31.0 Å². The van der Waals surface area contributed by atoms with Crippen molar-refractivity contribution in [3.63, 3.8) is 0 Å². The molecule has 28 heavy (non-hydrogen) atoms. The van der Waals surface area contributed by atoms with Gasteiger partial charge in [0.15, 0.2) is 5.82 Å². The maximum absolute atomic E-state index is 12.0. The molecule has 0 aliphatic carbocycles. The van der Waals surface area contributed by atoms with Crippen LogP contribution >= 0.6 is 0 Å². The molecule has 1 atom stereocenters. The number of likely N-dealkylation sites (N-methyl/N-ethyl adjacent to an activating group) is 1. The van der Waals surface area contributed by atoms with Gasteiger partial charge >= 0.3 is 0 Å². The summed E-state index contributed by atoms with van der Waals surface area (Å²) in [6.45, 7) is 1.53. The van der Waals surface area contributed by atoms with E-state index in [-0.39, 0.29) is 17.1 Å². The molecule has 1 N–H and O–H groups in total. The molecular formula is C18H19N7O3. The number of nitrogens with one attached hydrogen (secondary N) is 1. The van der Waals surface area contributed by atoms with E-state index in [9.17, 15) is 14.9 Å². The van der Waals surface area contributed by atoms with E-state index in [0.717, 1.165) is 25.2 Å². The van der Waals surface area contributed by atoms with Gasteiger partial charge < -0.3 is 14.8 Å². The Bertz CT molecular complexity index is 1070. The van der Waals surface area contributed by atoms with E-state index in [1.54, 1.807) is 12.3 Å². The average Bonchev–Trinajstić information content (AvgIpc) is 2.73. The molecule has 0 saturated carbocycles. The predicted octanol–water partition coefficient (Wildman–Crippen LogP) is 1.73. The van der Waals surface area contributed by atoms with Crippen molar-refractivity contribution in [1.29, 1.82) is 0 Å². The highest BCUT2D eigenvalue weighted by molar-refractivity contribution is 5.87. The van der Waals surface area contributed by atoms with Crippen molar-refractivity contribution >= 4 is 28.1 Å². The second-order valence-electron chi connectivity index (χ2n) is 6.78. The van der Waals surface area contributed by atoms with E-state index < -0.39 is 10.5 Å². The number of piperidine rings is 1. The Morgan fingerprint density at radius 1 is 1.39 bits per heavy atom. The van der Waals surface area contributed by atoms with E-state index >= 15 is 0 Å². The summed E-state index contributed by atoms with van der Waals surface area (Å²) in [5.41, 5.74) is 0.373. The second-order valence-corrected chi connectivity index (χ2v) is 6.78. The highest BCUT2D eigenvalue weighted by Gasteiger charge is 2.29. The third-order valence-corrected chi connectivity index (χ3v) is 5.14. The van der Waals surface area contributed by atoms with Crippen molar-refractivity contribution in [2.24, 2.45) is 0 Å². The van der Waals surface area contributed by atoms with Crippen LogP contribution in [-0.2, 0) is 0 Å². The molecule has 1 aliphatic heterocycles. The maximum atomic E-state index is 12.0. The zero-order valence-corrected chi connectivity index (χ0v) is 15.3. The van der Waals surface area contributed by atoms with Gasteiger partial charge in [-0.2, -0.15) is 5.10 Å².